The predicted octanol–water partition coefficient (Wildman–Crippen LogP) is 1.05. The van der Waals surface area contributed by atoms with Gasteiger partial charge in [-0.05, 0) is 56.7 Å². The Morgan fingerprint density at radius 3 is 2.50 bits per heavy atom. The van der Waals surface area contributed by atoms with Crippen molar-refractivity contribution in [3.05, 3.63) is 35.4 Å². The molecule has 2 saturated heterocycles. The summed E-state index contributed by atoms with van der Waals surface area (Å²) in [4.78, 5) is 13.2. The van der Waals surface area contributed by atoms with Gasteiger partial charge in [0.25, 0.3) is 5.91 Å². The van der Waals surface area contributed by atoms with Crippen LogP contribution in [0.1, 0.15) is 41.6 Å². The monoisotopic (exact) mass is 458 g/mol. The highest BCUT2D eigenvalue weighted by molar-refractivity contribution is 7.99. The van der Waals surface area contributed by atoms with Crippen molar-refractivity contribution in [2.75, 3.05) is 19.3 Å². The van der Waals surface area contributed by atoms with Gasteiger partial charge in [-0.25, -0.2) is 0 Å². The minimum absolute atomic E-state index is 0.293. The van der Waals surface area contributed by atoms with Crippen molar-refractivity contribution in [2.45, 2.75) is 67.0 Å². The first-order valence-corrected chi connectivity index (χ1v) is 12.0. The van der Waals surface area contributed by atoms with Crippen molar-refractivity contribution >= 4 is 29.3 Å². The van der Waals surface area contributed by atoms with Gasteiger partial charge in [0.1, 0.15) is 29.9 Å². The summed E-state index contributed by atoms with van der Waals surface area (Å²) in [6.45, 7) is 3.54. The summed E-state index contributed by atoms with van der Waals surface area (Å²) < 4.78 is 5.83. The van der Waals surface area contributed by atoms with E-state index >= 15 is 0 Å². The van der Waals surface area contributed by atoms with E-state index in [1.807, 2.05) is 18.2 Å². The van der Waals surface area contributed by atoms with Gasteiger partial charge < -0.3 is 30.7 Å². The van der Waals surface area contributed by atoms with Crippen LogP contribution >= 0.6 is 23.4 Å². The molecule has 0 spiro atoms. The van der Waals surface area contributed by atoms with Gasteiger partial charge in [0.05, 0.1) is 11.4 Å². The van der Waals surface area contributed by atoms with Gasteiger partial charge in [-0.15, -0.1) is 23.4 Å². The van der Waals surface area contributed by atoms with E-state index in [4.69, 9.17) is 16.3 Å². The third-order valence-electron chi connectivity index (χ3n) is 5.97. The second-order valence-corrected chi connectivity index (χ2v) is 9.59. The second-order valence-electron chi connectivity index (χ2n) is 7.96. The Hall–Kier alpha value is -0.870. The smallest absolute Gasteiger partial charge is 0.251 e. The Kier molecular flexibility index (Phi) is 8.43. The van der Waals surface area contributed by atoms with Gasteiger partial charge in [0.2, 0.25) is 0 Å². The maximum absolute atomic E-state index is 13.2. The Morgan fingerprint density at radius 1 is 1.20 bits per heavy atom. The first kappa shape index (κ1) is 23.8. The zero-order chi connectivity index (χ0) is 21.8. The predicted molar refractivity (Wildman–Crippen MR) is 118 cm³/mol. The molecule has 30 heavy (non-hydrogen) atoms. The number of carbonyl (C=O) groups is 1. The molecule has 1 unspecified atom stereocenters. The molecule has 0 saturated carbocycles. The number of aliphatic hydroxyl groups is 3. The van der Waals surface area contributed by atoms with E-state index < -0.39 is 41.3 Å². The SMILES string of the molecule is CS[C@H]1O[C@H](C(NC(=O)c2ccccc2C2CCNCC2)[C@H](C)Cl)[C@H](O)[C@H](O)[C@H]1O. The molecule has 0 bridgehead atoms. The van der Waals surface area contributed by atoms with Crippen LogP contribution in [0.15, 0.2) is 24.3 Å². The van der Waals surface area contributed by atoms with Gasteiger partial charge in [-0.2, -0.15) is 0 Å². The molecule has 168 valence electrons. The highest BCUT2D eigenvalue weighted by Crippen LogP contribution is 2.31. The lowest BCUT2D eigenvalue weighted by atomic mass is 9.86. The zero-order valence-electron chi connectivity index (χ0n) is 17.2. The summed E-state index contributed by atoms with van der Waals surface area (Å²) in [6.07, 6.45) is -1.29. The number of amides is 1. The largest absolute Gasteiger partial charge is 0.388 e. The van der Waals surface area contributed by atoms with Gasteiger partial charge in [0, 0.05) is 5.56 Å². The van der Waals surface area contributed by atoms with Crippen LogP contribution in [0, 0.1) is 0 Å². The molecule has 0 radical (unpaired) electrons. The number of alkyl halides is 1. The molecular weight excluding hydrogens is 428 g/mol. The molecule has 2 fully saturated rings. The van der Waals surface area contributed by atoms with Crippen LogP contribution in [0.4, 0.5) is 0 Å². The molecule has 9 heteroatoms. The number of hydrogen-bond donors (Lipinski definition) is 5. The average Bonchev–Trinajstić information content (AvgIpc) is 2.77. The van der Waals surface area contributed by atoms with Gasteiger partial charge in [0.15, 0.2) is 0 Å². The van der Waals surface area contributed by atoms with Crippen molar-refractivity contribution in [1.82, 2.24) is 10.6 Å². The number of thioether (sulfide) groups is 1. The molecule has 0 aliphatic carbocycles. The lowest BCUT2D eigenvalue weighted by molar-refractivity contribution is -0.204. The fraction of sp³-hybridized carbons (Fsp3) is 0.667. The molecule has 1 amide bonds. The number of piperidine rings is 1. The molecule has 5 N–H and O–H groups in total. The Balaban J connectivity index is 1.81. The van der Waals surface area contributed by atoms with Gasteiger partial charge >= 0.3 is 0 Å². The number of carbonyl (C=O) groups excluding carboxylic acids is 1. The molecule has 7 nitrogen and oxygen atoms in total. The van der Waals surface area contributed by atoms with Crippen LogP contribution in [0.25, 0.3) is 0 Å². The van der Waals surface area contributed by atoms with Crippen molar-refractivity contribution in [1.29, 1.82) is 0 Å². The highest BCUT2D eigenvalue weighted by Gasteiger charge is 2.47. The summed E-state index contributed by atoms with van der Waals surface area (Å²) in [5.41, 5.74) is 0.851. The Labute approximate surface area is 186 Å². The number of halogens is 1. The molecule has 2 aliphatic rings. The highest BCUT2D eigenvalue weighted by atomic mass is 35.5. The van der Waals surface area contributed by atoms with Crippen LogP contribution < -0.4 is 10.6 Å². The van der Waals surface area contributed by atoms with Crippen LogP contribution in [-0.2, 0) is 4.74 Å². The minimum Gasteiger partial charge on any atom is -0.388 e. The molecule has 7 atom stereocenters. The Morgan fingerprint density at radius 2 is 1.87 bits per heavy atom. The maximum Gasteiger partial charge on any atom is 0.251 e. The van der Waals surface area contributed by atoms with Crippen molar-refractivity contribution < 1.29 is 24.9 Å². The van der Waals surface area contributed by atoms with Gasteiger partial charge in [-0.3, -0.25) is 4.79 Å². The van der Waals surface area contributed by atoms with E-state index in [1.54, 1.807) is 19.2 Å². The van der Waals surface area contributed by atoms with E-state index in [0.29, 0.717) is 11.5 Å². The first-order valence-electron chi connectivity index (χ1n) is 10.3. The van der Waals surface area contributed by atoms with Crippen LogP contribution in [0.5, 0.6) is 0 Å². The molecule has 0 aromatic heterocycles. The van der Waals surface area contributed by atoms with E-state index in [1.165, 1.54) is 11.8 Å². The van der Waals surface area contributed by atoms with E-state index in [-0.39, 0.29) is 5.91 Å². The number of nitrogens with one attached hydrogen (secondary N) is 2. The first-order chi connectivity index (χ1) is 14.3. The third-order valence-corrected chi connectivity index (χ3v) is 7.10. The average molecular weight is 459 g/mol. The lowest BCUT2D eigenvalue weighted by Crippen LogP contribution is -2.64. The van der Waals surface area contributed by atoms with E-state index in [9.17, 15) is 20.1 Å². The lowest BCUT2D eigenvalue weighted by Gasteiger charge is -2.43. The Bertz CT molecular complexity index is 716. The van der Waals surface area contributed by atoms with Gasteiger partial charge in [-0.1, -0.05) is 18.2 Å². The third kappa shape index (κ3) is 5.12. The number of ether oxygens (including phenoxy) is 1. The number of benzene rings is 1. The van der Waals surface area contributed by atoms with Crippen molar-refractivity contribution in [2.24, 2.45) is 0 Å². The molecule has 1 aromatic carbocycles. The summed E-state index contributed by atoms with van der Waals surface area (Å²) in [5.74, 6) is 0.00758. The second kappa shape index (κ2) is 10.6. The van der Waals surface area contributed by atoms with Crippen molar-refractivity contribution in [3.63, 3.8) is 0 Å². The number of aliphatic hydroxyl groups excluding tert-OH is 3. The zero-order valence-corrected chi connectivity index (χ0v) is 18.8. The molecule has 2 aliphatic heterocycles. The normalized spacial score (nSPS) is 32.4. The fourth-order valence-corrected chi connectivity index (χ4v) is 5.13. The summed E-state index contributed by atoms with van der Waals surface area (Å²) in [5, 5.41) is 36.6. The molecule has 1 aromatic rings. The standard InChI is InChI=1S/C21H31ClN2O5S/c1-11(22)15(19-17(26)16(25)18(27)21(29-19)30-2)24-20(28)14-6-4-3-5-13(14)12-7-9-23-10-8-12/h3-6,11-12,15-19,21,23,25-27H,7-10H2,1-2H3,(H,24,28)/t11-,15?,16-,17+,18+,19+,21+/m0/s1. The molecule has 3 rings (SSSR count). The van der Waals surface area contributed by atoms with Crippen LogP contribution in [-0.4, -0.2) is 81.8 Å². The maximum atomic E-state index is 13.2. The number of rotatable bonds is 6. The summed E-state index contributed by atoms with van der Waals surface area (Å²) in [7, 11) is 0. The van der Waals surface area contributed by atoms with E-state index in [2.05, 4.69) is 10.6 Å². The minimum atomic E-state index is -1.39. The van der Waals surface area contributed by atoms with E-state index in [0.717, 1.165) is 31.5 Å². The topological polar surface area (TPSA) is 111 Å². The summed E-state index contributed by atoms with van der Waals surface area (Å²) in [6, 6.07) is 6.79. The van der Waals surface area contributed by atoms with Crippen molar-refractivity contribution in [3.8, 4) is 0 Å². The molecular formula is C21H31ClN2O5S. The molecule has 2 heterocycles. The van der Waals surface area contributed by atoms with Crippen LogP contribution in [0.3, 0.4) is 0 Å². The quantitative estimate of drug-likeness (QED) is 0.405. The summed E-state index contributed by atoms with van der Waals surface area (Å²) >= 11 is 7.60. The number of hydrogen-bond acceptors (Lipinski definition) is 7. The van der Waals surface area contributed by atoms with Crippen LogP contribution in [0.2, 0.25) is 0 Å². The fourth-order valence-electron chi connectivity index (χ4n) is 4.25.